The molecule has 1 fully saturated rings. The molecule has 0 atom stereocenters. The smallest absolute Gasteiger partial charge is 0.251 e. The van der Waals surface area contributed by atoms with Crippen molar-refractivity contribution in [3.63, 3.8) is 0 Å². The lowest BCUT2D eigenvalue weighted by atomic mass is 10.1. The number of unbranched alkanes of at least 4 members (excludes halogenated alkanes) is 1. The van der Waals surface area contributed by atoms with Gasteiger partial charge in [0.15, 0.2) is 0 Å². The second-order valence-corrected chi connectivity index (χ2v) is 5.19. The molecule has 1 N–H and O–H groups in total. The summed E-state index contributed by atoms with van der Waals surface area (Å²) in [5.41, 5.74) is 1.99. The molecule has 1 aliphatic heterocycles. The molecule has 110 valence electrons. The van der Waals surface area contributed by atoms with E-state index in [-0.39, 0.29) is 5.91 Å². The highest BCUT2D eigenvalue weighted by atomic mass is 16.5. The van der Waals surface area contributed by atoms with E-state index < -0.39 is 0 Å². The van der Waals surface area contributed by atoms with Crippen molar-refractivity contribution in [2.45, 2.75) is 26.3 Å². The van der Waals surface area contributed by atoms with Gasteiger partial charge in [0.05, 0.1) is 13.2 Å². The fourth-order valence-corrected chi connectivity index (χ4v) is 2.26. The first kappa shape index (κ1) is 15.0. The molecule has 0 aromatic heterocycles. The van der Waals surface area contributed by atoms with E-state index in [2.05, 4.69) is 17.1 Å². The van der Waals surface area contributed by atoms with Crippen molar-refractivity contribution in [1.29, 1.82) is 0 Å². The molecule has 2 rings (SSSR count). The van der Waals surface area contributed by atoms with E-state index in [1.807, 2.05) is 24.3 Å². The van der Waals surface area contributed by atoms with Gasteiger partial charge < -0.3 is 10.1 Å². The Labute approximate surface area is 121 Å². The van der Waals surface area contributed by atoms with Crippen molar-refractivity contribution in [3.8, 4) is 0 Å². The highest BCUT2D eigenvalue weighted by molar-refractivity contribution is 5.94. The normalized spacial score (nSPS) is 16.1. The van der Waals surface area contributed by atoms with E-state index >= 15 is 0 Å². The van der Waals surface area contributed by atoms with Gasteiger partial charge in [0.2, 0.25) is 0 Å². The van der Waals surface area contributed by atoms with E-state index in [9.17, 15) is 4.79 Å². The molecule has 0 aliphatic carbocycles. The predicted molar refractivity (Wildman–Crippen MR) is 79.8 cm³/mol. The summed E-state index contributed by atoms with van der Waals surface area (Å²) in [6.45, 7) is 7.41. The van der Waals surface area contributed by atoms with Crippen LogP contribution in [0.5, 0.6) is 0 Å². The zero-order valence-corrected chi connectivity index (χ0v) is 12.2. The van der Waals surface area contributed by atoms with Crippen molar-refractivity contribution in [2.24, 2.45) is 0 Å². The monoisotopic (exact) mass is 276 g/mol. The number of carbonyl (C=O) groups excluding carboxylic acids is 1. The molecule has 0 spiro atoms. The second-order valence-electron chi connectivity index (χ2n) is 5.19. The summed E-state index contributed by atoms with van der Waals surface area (Å²) in [5, 5.41) is 2.93. The second kappa shape index (κ2) is 8.02. The lowest BCUT2D eigenvalue weighted by Crippen LogP contribution is -2.35. The summed E-state index contributed by atoms with van der Waals surface area (Å²) in [6.07, 6.45) is 2.12. The first-order valence-corrected chi connectivity index (χ1v) is 7.47. The molecule has 4 heteroatoms. The van der Waals surface area contributed by atoms with Crippen molar-refractivity contribution in [2.75, 3.05) is 32.8 Å². The number of ether oxygens (including phenoxy) is 1. The van der Waals surface area contributed by atoms with Crippen molar-refractivity contribution >= 4 is 5.91 Å². The van der Waals surface area contributed by atoms with Crippen LogP contribution in [-0.2, 0) is 11.3 Å². The van der Waals surface area contributed by atoms with Crippen LogP contribution in [0, 0.1) is 0 Å². The van der Waals surface area contributed by atoms with E-state index in [0.717, 1.165) is 57.8 Å². The molecule has 0 bridgehead atoms. The van der Waals surface area contributed by atoms with E-state index in [1.54, 1.807) is 0 Å². The van der Waals surface area contributed by atoms with Gasteiger partial charge in [-0.15, -0.1) is 0 Å². The maximum absolute atomic E-state index is 11.9. The van der Waals surface area contributed by atoms with Gasteiger partial charge in [-0.25, -0.2) is 0 Å². The summed E-state index contributed by atoms with van der Waals surface area (Å²) in [5.74, 6) is 0.0244. The highest BCUT2D eigenvalue weighted by Gasteiger charge is 2.11. The third-order valence-electron chi connectivity index (χ3n) is 3.54. The molecule has 1 saturated heterocycles. The van der Waals surface area contributed by atoms with Crippen LogP contribution in [0.4, 0.5) is 0 Å². The van der Waals surface area contributed by atoms with Crippen molar-refractivity contribution in [1.82, 2.24) is 10.2 Å². The van der Waals surface area contributed by atoms with Gasteiger partial charge in [0.1, 0.15) is 0 Å². The summed E-state index contributed by atoms with van der Waals surface area (Å²) in [6, 6.07) is 7.92. The molecule has 4 nitrogen and oxygen atoms in total. The number of amides is 1. The van der Waals surface area contributed by atoms with Crippen LogP contribution in [-0.4, -0.2) is 43.7 Å². The number of hydrogen-bond acceptors (Lipinski definition) is 3. The molecule has 0 radical (unpaired) electrons. The van der Waals surface area contributed by atoms with Gasteiger partial charge in [-0.2, -0.15) is 0 Å². The van der Waals surface area contributed by atoms with Crippen molar-refractivity contribution < 1.29 is 9.53 Å². The average molecular weight is 276 g/mol. The third-order valence-corrected chi connectivity index (χ3v) is 3.54. The fourth-order valence-electron chi connectivity index (χ4n) is 2.26. The zero-order valence-electron chi connectivity index (χ0n) is 12.2. The first-order chi connectivity index (χ1) is 9.79. The van der Waals surface area contributed by atoms with Crippen LogP contribution >= 0.6 is 0 Å². The fraction of sp³-hybridized carbons (Fsp3) is 0.562. The molecule has 0 saturated carbocycles. The lowest BCUT2D eigenvalue weighted by Gasteiger charge is -2.26. The summed E-state index contributed by atoms with van der Waals surface area (Å²) in [4.78, 5) is 14.3. The van der Waals surface area contributed by atoms with Gasteiger partial charge >= 0.3 is 0 Å². The minimum absolute atomic E-state index is 0.0244. The third kappa shape index (κ3) is 4.62. The Bertz CT molecular complexity index is 411. The predicted octanol–water partition coefficient (Wildman–Crippen LogP) is 2.05. The SMILES string of the molecule is CCCCNC(=O)c1ccc(CN2CCOCC2)cc1. The van der Waals surface area contributed by atoms with Crippen LogP contribution in [0.1, 0.15) is 35.7 Å². The van der Waals surface area contributed by atoms with E-state index in [4.69, 9.17) is 4.74 Å². The van der Waals surface area contributed by atoms with E-state index in [1.165, 1.54) is 5.56 Å². The Hall–Kier alpha value is -1.39. The van der Waals surface area contributed by atoms with Crippen LogP contribution < -0.4 is 5.32 Å². The molecule has 1 heterocycles. The Morgan fingerprint density at radius 1 is 1.25 bits per heavy atom. The Morgan fingerprint density at radius 2 is 1.95 bits per heavy atom. The molecule has 20 heavy (non-hydrogen) atoms. The minimum Gasteiger partial charge on any atom is -0.379 e. The first-order valence-electron chi connectivity index (χ1n) is 7.47. The Balaban J connectivity index is 1.83. The average Bonchev–Trinajstić information content (AvgIpc) is 2.49. The lowest BCUT2D eigenvalue weighted by molar-refractivity contribution is 0.0342. The largest absolute Gasteiger partial charge is 0.379 e. The van der Waals surface area contributed by atoms with E-state index in [0.29, 0.717) is 0 Å². The molecule has 0 unspecified atom stereocenters. The van der Waals surface area contributed by atoms with Gasteiger partial charge in [-0.1, -0.05) is 25.5 Å². The van der Waals surface area contributed by atoms with Crippen molar-refractivity contribution in [3.05, 3.63) is 35.4 Å². The summed E-state index contributed by atoms with van der Waals surface area (Å²) in [7, 11) is 0. The molecule has 1 amide bonds. The minimum atomic E-state index is 0.0244. The van der Waals surface area contributed by atoms with Gasteiger partial charge in [-0.3, -0.25) is 9.69 Å². The molecular weight excluding hydrogens is 252 g/mol. The number of benzene rings is 1. The number of carbonyl (C=O) groups is 1. The van der Waals surface area contributed by atoms with Crippen LogP contribution in [0.15, 0.2) is 24.3 Å². The topological polar surface area (TPSA) is 41.6 Å². The number of morpholine rings is 1. The maximum Gasteiger partial charge on any atom is 0.251 e. The Kier molecular flexibility index (Phi) is 6.02. The zero-order chi connectivity index (χ0) is 14.2. The summed E-state index contributed by atoms with van der Waals surface area (Å²) >= 11 is 0. The highest BCUT2D eigenvalue weighted by Crippen LogP contribution is 2.09. The molecule has 1 aliphatic rings. The van der Waals surface area contributed by atoms with Gasteiger partial charge in [0, 0.05) is 31.7 Å². The number of nitrogens with zero attached hydrogens (tertiary/aromatic N) is 1. The van der Waals surface area contributed by atoms with Crippen LogP contribution in [0.2, 0.25) is 0 Å². The molecule has 1 aromatic rings. The molecule has 1 aromatic carbocycles. The van der Waals surface area contributed by atoms with Gasteiger partial charge in [-0.05, 0) is 24.1 Å². The Morgan fingerprint density at radius 3 is 2.60 bits per heavy atom. The quantitative estimate of drug-likeness (QED) is 0.809. The van der Waals surface area contributed by atoms with Gasteiger partial charge in [0.25, 0.3) is 5.91 Å². The number of nitrogens with one attached hydrogen (secondary N) is 1. The number of rotatable bonds is 6. The standard InChI is InChI=1S/C16H24N2O2/c1-2-3-8-17-16(19)15-6-4-14(5-7-15)13-18-9-11-20-12-10-18/h4-7H,2-3,8-13H2,1H3,(H,17,19). The molecular formula is C16H24N2O2. The summed E-state index contributed by atoms with van der Waals surface area (Å²) < 4.78 is 5.34. The maximum atomic E-state index is 11.9. The van der Waals surface area contributed by atoms with Crippen LogP contribution in [0.25, 0.3) is 0 Å². The number of hydrogen-bond donors (Lipinski definition) is 1. The van der Waals surface area contributed by atoms with Crippen LogP contribution in [0.3, 0.4) is 0 Å².